The highest BCUT2D eigenvalue weighted by Gasteiger charge is 2.25. The van der Waals surface area contributed by atoms with Gasteiger partial charge in [-0.25, -0.2) is 4.79 Å². The van der Waals surface area contributed by atoms with Crippen molar-refractivity contribution < 1.29 is 14.6 Å². The van der Waals surface area contributed by atoms with E-state index in [1.165, 1.54) is 15.7 Å². The number of hydrogen-bond donors (Lipinski definition) is 2. The second-order valence-electron chi connectivity index (χ2n) is 4.85. The molecule has 2 aliphatic carbocycles. The molecule has 1 aromatic rings. The standard InChI is InChI=1S/C14H13NO3S2/c1-6-3-8(18-5-10(16)17)4-9-11(6)7(2)13-12(9)15-14(19)20-13/h3H,4-5H2,1-2H3,(H,15,19)(H,16,17). The maximum absolute atomic E-state index is 10.6. The number of carboxylic acids is 1. The van der Waals surface area contributed by atoms with Crippen molar-refractivity contribution in [2.24, 2.45) is 0 Å². The van der Waals surface area contributed by atoms with Gasteiger partial charge in [0.1, 0.15) is 5.76 Å². The van der Waals surface area contributed by atoms with Crippen LogP contribution in [0.25, 0.3) is 11.1 Å². The Hall–Kier alpha value is -1.66. The van der Waals surface area contributed by atoms with Crippen molar-refractivity contribution in [3.8, 4) is 0 Å². The van der Waals surface area contributed by atoms with Crippen LogP contribution < -0.4 is 9.88 Å². The summed E-state index contributed by atoms with van der Waals surface area (Å²) in [5, 5.41) is 9.77. The van der Waals surface area contributed by atoms with E-state index in [0.717, 1.165) is 20.4 Å². The van der Waals surface area contributed by atoms with Crippen molar-refractivity contribution in [2.75, 3.05) is 6.61 Å². The fourth-order valence-electron chi connectivity index (χ4n) is 2.77. The molecule has 2 aliphatic rings. The Kier molecular flexibility index (Phi) is 3.14. The van der Waals surface area contributed by atoms with Crippen LogP contribution in [0.4, 0.5) is 0 Å². The van der Waals surface area contributed by atoms with Gasteiger partial charge >= 0.3 is 5.97 Å². The van der Waals surface area contributed by atoms with E-state index < -0.39 is 5.97 Å². The Labute approximate surface area is 124 Å². The second kappa shape index (κ2) is 4.71. The highest BCUT2D eigenvalue weighted by atomic mass is 32.1. The molecule has 104 valence electrons. The summed E-state index contributed by atoms with van der Waals surface area (Å²) in [7, 11) is 0. The number of allylic oxidation sites excluding steroid dienone is 4. The van der Waals surface area contributed by atoms with Crippen molar-refractivity contribution >= 4 is 40.7 Å². The molecule has 20 heavy (non-hydrogen) atoms. The molecule has 0 atom stereocenters. The molecular formula is C14H13NO3S2. The van der Waals surface area contributed by atoms with Crippen LogP contribution in [0.5, 0.6) is 0 Å². The predicted molar refractivity (Wildman–Crippen MR) is 80.2 cm³/mol. The first-order chi connectivity index (χ1) is 9.47. The fraction of sp³-hybridized carbons (Fsp3) is 0.286. The largest absolute Gasteiger partial charge is 0.486 e. The zero-order valence-corrected chi connectivity index (χ0v) is 12.7. The van der Waals surface area contributed by atoms with Gasteiger partial charge in [0.15, 0.2) is 10.6 Å². The fourth-order valence-corrected chi connectivity index (χ4v) is 3.99. The van der Waals surface area contributed by atoms with Crippen LogP contribution in [0.3, 0.4) is 0 Å². The summed E-state index contributed by atoms with van der Waals surface area (Å²) in [4.78, 5) is 13.8. The average molecular weight is 307 g/mol. The van der Waals surface area contributed by atoms with E-state index in [1.807, 2.05) is 13.0 Å². The number of thiazole rings is 1. The Morgan fingerprint density at radius 1 is 1.55 bits per heavy atom. The van der Waals surface area contributed by atoms with E-state index in [1.54, 1.807) is 11.3 Å². The molecule has 0 saturated carbocycles. The number of aliphatic carboxylic acids is 1. The molecule has 0 spiro atoms. The topological polar surface area (TPSA) is 62.3 Å². The SMILES string of the molecule is CC1=C2C(=c3[nH]c(=S)sc3=C2C)CC(OCC(=O)O)=C1. The molecule has 4 nitrogen and oxygen atoms in total. The van der Waals surface area contributed by atoms with Crippen LogP contribution in [-0.2, 0) is 9.53 Å². The summed E-state index contributed by atoms with van der Waals surface area (Å²) in [6.07, 6.45) is 2.53. The third kappa shape index (κ3) is 2.05. The second-order valence-corrected chi connectivity index (χ2v) is 6.54. The predicted octanol–water partition coefficient (Wildman–Crippen LogP) is 1.85. The number of aromatic nitrogens is 1. The number of H-pyrrole nitrogens is 1. The van der Waals surface area contributed by atoms with Crippen molar-refractivity contribution in [3.63, 3.8) is 0 Å². The smallest absolute Gasteiger partial charge is 0.341 e. The molecule has 0 radical (unpaired) electrons. The summed E-state index contributed by atoms with van der Waals surface area (Å²) in [5.41, 5.74) is 4.73. The quantitative estimate of drug-likeness (QED) is 0.837. The highest BCUT2D eigenvalue weighted by molar-refractivity contribution is 7.73. The zero-order chi connectivity index (χ0) is 14.4. The van der Waals surface area contributed by atoms with Gasteiger partial charge in [0, 0.05) is 6.42 Å². The molecular weight excluding hydrogens is 294 g/mol. The number of carbonyl (C=O) groups is 1. The lowest BCUT2D eigenvalue weighted by molar-refractivity contribution is -0.140. The number of rotatable bonds is 3. The van der Waals surface area contributed by atoms with Crippen molar-refractivity contribution in [2.45, 2.75) is 20.3 Å². The van der Waals surface area contributed by atoms with Crippen LogP contribution in [0.2, 0.25) is 0 Å². The van der Waals surface area contributed by atoms with Crippen molar-refractivity contribution in [1.82, 2.24) is 4.98 Å². The van der Waals surface area contributed by atoms with Gasteiger partial charge in [0.05, 0.1) is 9.88 Å². The molecule has 2 N–H and O–H groups in total. The van der Waals surface area contributed by atoms with Gasteiger partial charge < -0.3 is 14.8 Å². The highest BCUT2D eigenvalue weighted by Crippen LogP contribution is 2.36. The molecule has 0 amide bonds. The van der Waals surface area contributed by atoms with Crippen LogP contribution >= 0.6 is 23.6 Å². The first-order valence-corrected chi connectivity index (χ1v) is 7.40. The molecule has 0 saturated heterocycles. The maximum Gasteiger partial charge on any atom is 0.341 e. The number of nitrogens with one attached hydrogen (secondary N) is 1. The summed E-state index contributed by atoms with van der Waals surface area (Å²) >= 11 is 6.79. The van der Waals surface area contributed by atoms with E-state index in [9.17, 15) is 4.79 Å². The lowest BCUT2D eigenvalue weighted by Gasteiger charge is -2.19. The van der Waals surface area contributed by atoms with E-state index in [4.69, 9.17) is 22.1 Å². The maximum atomic E-state index is 10.6. The number of fused-ring (bicyclic) bond motifs is 2. The lowest BCUT2D eigenvalue weighted by Crippen LogP contribution is -2.21. The number of hydrogen-bond acceptors (Lipinski definition) is 4. The summed E-state index contributed by atoms with van der Waals surface area (Å²) in [5.74, 6) is -0.275. The minimum atomic E-state index is -0.965. The monoisotopic (exact) mass is 307 g/mol. The summed E-state index contributed by atoms with van der Waals surface area (Å²) in [6, 6.07) is 0. The van der Waals surface area contributed by atoms with Gasteiger partial charge in [0.25, 0.3) is 0 Å². The molecule has 0 aliphatic heterocycles. The Bertz CT molecular complexity index is 852. The Morgan fingerprint density at radius 2 is 2.30 bits per heavy atom. The molecule has 0 bridgehead atoms. The number of carboxylic acid groups (broad SMARTS) is 1. The number of aromatic amines is 1. The van der Waals surface area contributed by atoms with Gasteiger partial charge in [-0.05, 0) is 54.4 Å². The summed E-state index contributed by atoms with van der Waals surface area (Å²) in [6.45, 7) is 3.81. The zero-order valence-electron chi connectivity index (χ0n) is 11.1. The van der Waals surface area contributed by atoms with Crippen LogP contribution in [0.1, 0.15) is 20.3 Å². The van der Waals surface area contributed by atoms with Gasteiger partial charge in [0.2, 0.25) is 0 Å². The lowest BCUT2D eigenvalue weighted by atomic mass is 9.90. The molecule has 1 heterocycles. The average Bonchev–Trinajstić information content (AvgIpc) is 2.86. The van der Waals surface area contributed by atoms with E-state index in [-0.39, 0.29) is 6.61 Å². The molecule has 0 unspecified atom stereocenters. The molecule has 0 aromatic carbocycles. The number of ether oxygens (including phenoxy) is 1. The third-order valence-electron chi connectivity index (χ3n) is 3.47. The van der Waals surface area contributed by atoms with Crippen LogP contribution in [0.15, 0.2) is 23.0 Å². The van der Waals surface area contributed by atoms with E-state index >= 15 is 0 Å². The van der Waals surface area contributed by atoms with Gasteiger partial charge in [-0.1, -0.05) is 0 Å². The summed E-state index contributed by atoms with van der Waals surface area (Å²) < 4.78 is 7.29. The first-order valence-electron chi connectivity index (χ1n) is 6.17. The first kappa shape index (κ1) is 13.3. The van der Waals surface area contributed by atoms with Crippen LogP contribution in [-0.4, -0.2) is 22.7 Å². The molecule has 0 fully saturated rings. The molecule has 6 heteroatoms. The van der Waals surface area contributed by atoms with Crippen molar-refractivity contribution in [1.29, 1.82) is 0 Å². The molecule has 1 aromatic heterocycles. The minimum Gasteiger partial charge on any atom is -0.486 e. The molecule has 3 rings (SSSR count). The minimum absolute atomic E-state index is 0.309. The normalized spacial score (nSPS) is 17.0. The van der Waals surface area contributed by atoms with Gasteiger partial charge in [-0.15, -0.1) is 11.3 Å². The van der Waals surface area contributed by atoms with Gasteiger partial charge in [-0.3, -0.25) is 0 Å². The van der Waals surface area contributed by atoms with Gasteiger partial charge in [-0.2, -0.15) is 0 Å². The van der Waals surface area contributed by atoms with E-state index in [2.05, 4.69) is 11.9 Å². The third-order valence-corrected chi connectivity index (χ3v) is 4.83. The van der Waals surface area contributed by atoms with E-state index in [0.29, 0.717) is 12.2 Å². The Balaban J connectivity index is 2.10. The van der Waals surface area contributed by atoms with Crippen molar-refractivity contribution in [3.05, 3.63) is 36.8 Å². The van der Waals surface area contributed by atoms with Crippen LogP contribution in [0, 0.1) is 3.95 Å². The Morgan fingerprint density at radius 3 is 3.00 bits per heavy atom.